The van der Waals surface area contributed by atoms with E-state index in [4.69, 9.17) is 9.47 Å². The molecule has 2 aliphatic heterocycles. The molecule has 1 amide bonds. The van der Waals surface area contributed by atoms with E-state index in [1.165, 1.54) is 25.7 Å². The van der Waals surface area contributed by atoms with E-state index in [0.717, 1.165) is 32.0 Å². The second kappa shape index (κ2) is 6.87. The average Bonchev–Trinajstić information content (AvgIpc) is 3.01. The molecule has 0 bridgehead atoms. The molecule has 1 N–H and O–H groups in total. The van der Waals surface area contributed by atoms with Gasteiger partial charge in [-0.2, -0.15) is 0 Å². The molecule has 0 aromatic heterocycles. The monoisotopic (exact) mass is 282 g/mol. The molecule has 0 aromatic rings. The maximum Gasteiger partial charge on any atom is 0.254 e. The van der Waals surface area contributed by atoms with Crippen molar-refractivity contribution in [2.75, 3.05) is 32.9 Å². The summed E-state index contributed by atoms with van der Waals surface area (Å²) in [6.07, 6.45) is 7.15. The van der Waals surface area contributed by atoms with Crippen LogP contribution in [0.3, 0.4) is 0 Å². The van der Waals surface area contributed by atoms with Gasteiger partial charge in [0.2, 0.25) is 0 Å². The highest BCUT2D eigenvalue weighted by atomic mass is 16.6. The zero-order chi connectivity index (χ0) is 13.8. The Morgan fingerprint density at radius 2 is 1.70 bits per heavy atom. The highest BCUT2D eigenvalue weighted by molar-refractivity contribution is 5.81. The van der Waals surface area contributed by atoms with Crippen molar-refractivity contribution in [3.05, 3.63) is 0 Å². The van der Waals surface area contributed by atoms with Crippen LogP contribution in [-0.4, -0.2) is 61.9 Å². The lowest BCUT2D eigenvalue weighted by atomic mass is 10.0. The van der Waals surface area contributed by atoms with Gasteiger partial charge in [-0.3, -0.25) is 4.79 Å². The van der Waals surface area contributed by atoms with E-state index in [1.54, 1.807) is 0 Å². The zero-order valence-electron chi connectivity index (χ0n) is 12.2. The molecular weight excluding hydrogens is 256 g/mol. The SMILES string of the molecule is O=C(C1COCCO1)N1CCC(NC2CCCC2)CC1. The van der Waals surface area contributed by atoms with Gasteiger partial charge < -0.3 is 19.7 Å². The van der Waals surface area contributed by atoms with Crippen LogP contribution in [0.2, 0.25) is 0 Å². The Bertz CT molecular complexity index is 317. The van der Waals surface area contributed by atoms with Crippen LogP contribution in [0.4, 0.5) is 0 Å². The molecule has 0 aromatic carbocycles. The van der Waals surface area contributed by atoms with Crippen molar-refractivity contribution in [1.82, 2.24) is 10.2 Å². The van der Waals surface area contributed by atoms with Gasteiger partial charge in [-0.1, -0.05) is 12.8 Å². The molecule has 5 nitrogen and oxygen atoms in total. The molecule has 1 unspecified atom stereocenters. The molecule has 3 aliphatic rings. The van der Waals surface area contributed by atoms with Crippen LogP contribution < -0.4 is 5.32 Å². The number of amides is 1. The number of piperidine rings is 1. The van der Waals surface area contributed by atoms with Crippen molar-refractivity contribution in [2.24, 2.45) is 0 Å². The van der Waals surface area contributed by atoms with Gasteiger partial charge >= 0.3 is 0 Å². The fourth-order valence-corrected chi connectivity index (χ4v) is 3.53. The first kappa shape index (κ1) is 14.3. The second-order valence-corrected chi connectivity index (χ2v) is 6.18. The molecule has 2 heterocycles. The molecule has 1 atom stereocenters. The van der Waals surface area contributed by atoms with Crippen LogP contribution in [0.5, 0.6) is 0 Å². The smallest absolute Gasteiger partial charge is 0.254 e. The topological polar surface area (TPSA) is 50.8 Å². The lowest BCUT2D eigenvalue weighted by molar-refractivity contribution is -0.159. The first-order valence-electron chi connectivity index (χ1n) is 8.07. The largest absolute Gasteiger partial charge is 0.376 e. The van der Waals surface area contributed by atoms with E-state index in [1.807, 2.05) is 4.90 Å². The molecule has 2 saturated heterocycles. The van der Waals surface area contributed by atoms with Gasteiger partial charge in [-0.05, 0) is 25.7 Å². The van der Waals surface area contributed by atoms with E-state index >= 15 is 0 Å². The lowest BCUT2D eigenvalue weighted by Crippen LogP contribution is -2.51. The Hall–Kier alpha value is -0.650. The van der Waals surface area contributed by atoms with Gasteiger partial charge in [0, 0.05) is 25.2 Å². The summed E-state index contributed by atoms with van der Waals surface area (Å²) in [7, 11) is 0. The fraction of sp³-hybridized carbons (Fsp3) is 0.933. The molecule has 1 saturated carbocycles. The highest BCUT2D eigenvalue weighted by Crippen LogP contribution is 2.21. The maximum atomic E-state index is 12.3. The molecule has 20 heavy (non-hydrogen) atoms. The van der Waals surface area contributed by atoms with Gasteiger partial charge in [0.15, 0.2) is 6.10 Å². The minimum atomic E-state index is -0.372. The highest BCUT2D eigenvalue weighted by Gasteiger charge is 2.31. The third-order valence-corrected chi connectivity index (χ3v) is 4.72. The van der Waals surface area contributed by atoms with Crippen LogP contribution in [0.25, 0.3) is 0 Å². The summed E-state index contributed by atoms with van der Waals surface area (Å²) in [5.74, 6) is 0.115. The summed E-state index contributed by atoms with van der Waals surface area (Å²) in [4.78, 5) is 14.3. The van der Waals surface area contributed by atoms with Gasteiger partial charge in [0.25, 0.3) is 5.91 Å². The second-order valence-electron chi connectivity index (χ2n) is 6.18. The Morgan fingerprint density at radius 1 is 1.00 bits per heavy atom. The molecule has 0 radical (unpaired) electrons. The molecule has 114 valence electrons. The molecule has 5 heteroatoms. The van der Waals surface area contributed by atoms with E-state index in [9.17, 15) is 4.79 Å². The van der Waals surface area contributed by atoms with Crippen LogP contribution in [0.1, 0.15) is 38.5 Å². The number of ether oxygens (including phenoxy) is 2. The summed E-state index contributed by atoms with van der Waals surface area (Å²) in [5.41, 5.74) is 0. The first-order chi connectivity index (χ1) is 9.83. The number of rotatable bonds is 3. The minimum Gasteiger partial charge on any atom is -0.376 e. The Kier molecular flexibility index (Phi) is 4.91. The first-order valence-corrected chi connectivity index (χ1v) is 8.07. The maximum absolute atomic E-state index is 12.3. The summed E-state index contributed by atoms with van der Waals surface area (Å²) in [6.45, 7) is 3.26. The third-order valence-electron chi connectivity index (χ3n) is 4.72. The number of hydrogen-bond acceptors (Lipinski definition) is 4. The quantitative estimate of drug-likeness (QED) is 0.836. The zero-order valence-corrected chi connectivity index (χ0v) is 12.2. The van der Waals surface area contributed by atoms with E-state index < -0.39 is 0 Å². The fourth-order valence-electron chi connectivity index (χ4n) is 3.53. The predicted octanol–water partition coefficient (Wildman–Crippen LogP) is 0.925. The minimum absolute atomic E-state index is 0.115. The summed E-state index contributed by atoms with van der Waals surface area (Å²) >= 11 is 0. The Balaban J connectivity index is 1.41. The van der Waals surface area contributed by atoms with E-state index in [2.05, 4.69) is 5.32 Å². The van der Waals surface area contributed by atoms with Crippen molar-refractivity contribution in [3.63, 3.8) is 0 Å². The number of likely N-dealkylation sites (tertiary alicyclic amines) is 1. The standard InChI is InChI=1S/C15H26N2O3/c18-15(14-11-19-9-10-20-14)17-7-5-13(6-8-17)16-12-3-1-2-4-12/h12-14,16H,1-11H2. The summed E-state index contributed by atoms with van der Waals surface area (Å²) in [6, 6.07) is 1.31. The molecule has 0 spiro atoms. The van der Waals surface area contributed by atoms with Crippen LogP contribution >= 0.6 is 0 Å². The summed E-state index contributed by atoms with van der Waals surface area (Å²) < 4.78 is 10.8. The van der Waals surface area contributed by atoms with Crippen LogP contribution in [0.15, 0.2) is 0 Å². The number of hydrogen-bond donors (Lipinski definition) is 1. The number of nitrogens with zero attached hydrogens (tertiary/aromatic N) is 1. The number of nitrogens with one attached hydrogen (secondary N) is 1. The van der Waals surface area contributed by atoms with Gasteiger partial charge in [0.1, 0.15) is 0 Å². The van der Waals surface area contributed by atoms with Crippen LogP contribution in [-0.2, 0) is 14.3 Å². The Morgan fingerprint density at radius 3 is 2.35 bits per heavy atom. The van der Waals surface area contributed by atoms with Crippen molar-refractivity contribution < 1.29 is 14.3 Å². The normalized spacial score (nSPS) is 29.8. The lowest BCUT2D eigenvalue weighted by Gasteiger charge is -2.36. The van der Waals surface area contributed by atoms with Crippen molar-refractivity contribution in [3.8, 4) is 0 Å². The van der Waals surface area contributed by atoms with Crippen molar-refractivity contribution in [2.45, 2.75) is 56.7 Å². The molecule has 3 rings (SSSR count). The number of carbonyl (C=O) groups is 1. The van der Waals surface area contributed by atoms with Crippen molar-refractivity contribution >= 4 is 5.91 Å². The van der Waals surface area contributed by atoms with E-state index in [-0.39, 0.29) is 12.0 Å². The average molecular weight is 282 g/mol. The molecular formula is C15H26N2O3. The van der Waals surface area contributed by atoms with E-state index in [0.29, 0.717) is 25.9 Å². The summed E-state index contributed by atoms with van der Waals surface area (Å²) in [5, 5.41) is 3.76. The van der Waals surface area contributed by atoms with Gasteiger partial charge in [-0.15, -0.1) is 0 Å². The third kappa shape index (κ3) is 3.51. The molecule has 3 fully saturated rings. The predicted molar refractivity (Wildman–Crippen MR) is 75.6 cm³/mol. The van der Waals surface area contributed by atoms with Crippen molar-refractivity contribution in [1.29, 1.82) is 0 Å². The van der Waals surface area contributed by atoms with Gasteiger partial charge in [0.05, 0.1) is 19.8 Å². The number of carbonyl (C=O) groups excluding carboxylic acids is 1. The molecule has 1 aliphatic carbocycles. The van der Waals surface area contributed by atoms with Gasteiger partial charge in [-0.25, -0.2) is 0 Å². The van der Waals surface area contributed by atoms with Crippen LogP contribution in [0, 0.1) is 0 Å². The Labute approximate surface area is 121 Å².